The summed E-state index contributed by atoms with van der Waals surface area (Å²) in [5.41, 5.74) is 0.0197. The largest absolute Gasteiger partial charge is 0.478 e. The molecule has 0 fully saturated rings. The van der Waals surface area contributed by atoms with Crippen LogP contribution in [-0.2, 0) is 10.0 Å². The maximum Gasteiger partial charge on any atom is 0.337 e. The van der Waals surface area contributed by atoms with Gasteiger partial charge in [0, 0.05) is 19.4 Å². The first-order valence-corrected chi connectivity index (χ1v) is 7.10. The summed E-state index contributed by atoms with van der Waals surface area (Å²) >= 11 is 0. The molecule has 0 aliphatic heterocycles. The molecule has 1 heterocycles. The zero-order chi connectivity index (χ0) is 14.8. The molecule has 0 radical (unpaired) electrons. The van der Waals surface area contributed by atoms with Crippen molar-refractivity contribution < 1.29 is 18.3 Å². The molecule has 0 saturated heterocycles. The molecular formula is C13H12N2O4S. The number of carboxylic acids is 1. The van der Waals surface area contributed by atoms with Crippen LogP contribution < -0.4 is 4.31 Å². The number of rotatable bonds is 4. The van der Waals surface area contributed by atoms with Gasteiger partial charge in [0.1, 0.15) is 4.90 Å². The van der Waals surface area contributed by atoms with Crippen LogP contribution in [0.25, 0.3) is 0 Å². The first-order valence-electron chi connectivity index (χ1n) is 5.66. The van der Waals surface area contributed by atoms with E-state index in [4.69, 9.17) is 5.11 Å². The van der Waals surface area contributed by atoms with Crippen molar-refractivity contribution in [3.05, 3.63) is 54.4 Å². The number of hydrogen-bond donors (Lipinski definition) is 1. The molecule has 1 aromatic heterocycles. The highest BCUT2D eigenvalue weighted by Gasteiger charge is 2.24. The Balaban J connectivity index is 2.52. The highest BCUT2D eigenvalue weighted by molar-refractivity contribution is 7.92. The molecule has 1 N–H and O–H groups in total. The van der Waals surface area contributed by atoms with Crippen LogP contribution in [-0.4, -0.2) is 31.5 Å². The fourth-order valence-electron chi connectivity index (χ4n) is 1.72. The Kier molecular flexibility index (Phi) is 3.71. The predicted octanol–water partition coefficient (Wildman–Crippen LogP) is 1.60. The Hall–Kier alpha value is -2.41. The maximum absolute atomic E-state index is 12.4. The molecule has 6 nitrogen and oxygen atoms in total. The van der Waals surface area contributed by atoms with Crippen LogP contribution in [0.3, 0.4) is 0 Å². The average Bonchev–Trinajstić information content (AvgIpc) is 2.47. The summed E-state index contributed by atoms with van der Waals surface area (Å²) < 4.78 is 25.7. The minimum atomic E-state index is -3.84. The fourth-order valence-corrected chi connectivity index (χ4v) is 2.90. The van der Waals surface area contributed by atoms with Gasteiger partial charge < -0.3 is 5.11 Å². The van der Waals surface area contributed by atoms with E-state index in [0.717, 1.165) is 4.31 Å². The number of sulfonamides is 1. The third kappa shape index (κ3) is 2.48. The molecule has 0 aliphatic rings. The summed E-state index contributed by atoms with van der Waals surface area (Å²) in [4.78, 5) is 14.9. The lowest BCUT2D eigenvalue weighted by Crippen LogP contribution is -2.28. The average molecular weight is 292 g/mol. The Labute approximate surface area is 116 Å². The standard InChI is InChI=1S/C13H12N2O4S/c1-15(12-7-3-2-6-11(12)13(16)17)20(18,19)10-5-4-8-14-9-10/h2-9H,1H3,(H,16,17). The molecule has 0 saturated carbocycles. The van der Waals surface area contributed by atoms with E-state index < -0.39 is 16.0 Å². The SMILES string of the molecule is CN(c1ccccc1C(=O)O)S(=O)(=O)c1cccnc1. The molecule has 7 heteroatoms. The van der Waals surface area contributed by atoms with Crippen LogP contribution in [0.1, 0.15) is 10.4 Å². The number of hydrogen-bond acceptors (Lipinski definition) is 4. The number of carboxylic acid groups (broad SMARTS) is 1. The minimum Gasteiger partial charge on any atom is -0.478 e. The Morgan fingerprint density at radius 3 is 2.50 bits per heavy atom. The number of nitrogens with zero attached hydrogens (tertiary/aromatic N) is 2. The molecule has 0 amide bonds. The van der Waals surface area contributed by atoms with Crippen LogP contribution in [0.2, 0.25) is 0 Å². The van der Waals surface area contributed by atoms with E-state index in [1.54, 1.807) is 6.07 Å². The maximum atomic E-state index is 12.4. The van der Waals surface area contributed by atoms with E-state index >= 15 is 0 Å². The van der Waals surface area contributed by atoms with Crippen molar-refractivity contribution in [3.63, 3.8) is 0 Å². The van der Waals surface area contributed by atoms with Crippen LogP contribution in [0, 0.1) is 0 Å². The van der Waals surface area contributed by atoms with E-state index in [1.165, 1.54) is 49.8 Å². The van der Waals surface area contributed by atoms with Crippen molar-refractivity contribution in [3.8, 4) is 0 Å². The number of carbonyl (C=O) groups is 1. The molecule has 0 aliphatic carbocycles. The summed E-state index contributed by atoms with van der Waals surface area (Å²) in [5, 5.41) is 9.12. The first-order chi connectivity index (χ1) is 9.44. The molecule has 0 atom stereocenters. The molecule has 0 spiro atoms. The Bertz CT molecular complexity index is 729. The smallest absolute Gasteiger partial charge is 0.337 e. The monoisotopic (exact) mass is 292 g/mol. The molecule has 2 rings (SSSR count). The Morgan fingerprint density at radius 2 is 1.90 bits per heavy atom. The minimum absolute atomic E-state index is 0.00249. The molecule has 20 heavy (non-hydrogen) atoms. The van der Waals surface area contributed by atoms with E-state index in [2.05, 4.69) is 4.98 Å². The van der Waals surface area contributed by atoms with Crippen molar-refractivity contribution in [1.29, 1.82) is 0 Å². The van der Waals surface area contributed by atoms with Crippen molar-refractivity contribution in [2.45, 2.75) is 4.90 Å². The molecule has 2 aromatic rings. The zero-order valence-corrected chi connectivity index (χ0v) is 11.4. The van der Waals surface area contributed by atoms with Crippen LogP contribution in [0.4, 0.5) is 5.69 Å². The van der Waals surface area contributed by atoms with E-state index in [9.17, 15) is 13.2 Å². The van der Waals surface area contributed by atoms with E-state index in [-0.39, 0.29) is 16.1 Å². The van der Waals surface area contributed by atoms with Gasteiger partial charge in [-0.1, -0.05) is 12.1 Å². The number of benzene rings is 1. The van der Waals surface area contributed by atoms with Crippen molar-refractivity contribution in [2.75, 3.05) is 11.4 Å². The predicted molar refractivity (Wildman–Crippen MR) is 73.2 cm³/mol. The van der Waals surface area contributed by atoms with Crippen LogP contribution in [0.5, 0.6) is 0 Å². The van der Waals surface area contributed by atoms with Crippen molar-refractivity contribution >= 4 is 21.7 Å². The number of aromatic nitrogens is 1. The van der Waals surface area contributed by atoms with Crippen molar-refractivity contribution in [2.24, 2.45) is 0 Å². The number of aromatic carboxylic acids is 1. The second kappa shape index (κ2) is 5.30. The second-order valence-corrected chi connectivity index (χ2v) is 5.95. The number of anilines is 1. The lowest BCUT2D eigenvalue weighted by atomic mass is 10.2. The second-order valence-electron chi connectivity index (χ2n) is 3.98. The van der Waals surface area contributed by atoms with Gasteiger partial charge in [0.05, 0.1) is 11.3 Å². The van der Waals surface area contributed by atoms with Crippen LogP contribution >= 0.6 is 0 Å². The first kappa shape index (κ1) is 14.0. The fraction of sp³-hybridized carbons (Fsp3) is 0.0769. The van der Waals surface area contributed by atoms with Gasteiger partial charge in [-0.15, -0.1) is 0 Å². The van der Waals surface area contributed by atoms with Crippen molar-refractivity contribution in [1.82, 2.24) is 4.98 Å². The van der Waals surface area contributed by atoms with Crippen LogP contribution in [0.15, 0.2) is 53.7 Å². The van der Waals surface area contributed by atoms with Gasteiger partial charge in [0.25, 0.3) is 10.0 Å². The van der Waals surface area contributed by atoms with Gasteiger partial charge in [-0.3, -0.25) is 9.29 Å². The lowest BCUT2D eigenvalue weighted by Gasteiger charge is -2.20. The van der Waals surface area contributed by atoms with Gasteiger partial charge in [-0.05, 0) is 24.3 Å². The molecule has 0 unspecified atom stereocenters. The highest BCUT2D eigenvalue weighted by Crippen LogP contribution is 2.25. The summed E-state index contributed by atoms with van der Waals surface area (Å²) in [6.45, 7) is 0. The molecule has 1 aromatic carbocycles. The van der Waals surface area contributed by atoms with Gasteiger partial charge in [-0.2, -0.15) is 0 Å². The molecular weight excluding hydrogens is 280 g/mol. The quantitative estimate of drug-likeness (QED) is 0.925. The molecule has 0 bridgehead atoms. The summed E-state index contributed by atoms with van der Waals surface area (Å²) in [6, 6.07) is 8.82. The normalized spacial score (nSPS) is 11.1. The number of para-hydroxylation sites is 1. The third-order valence-electron chi connectivity index (χ3n) is 2.77. The van der Waals surface area contributed by atoms with Gasteiger partial charge in [-0.25, -0.2) is 13.2 Å². The summed E-state index contributed by atoms with van der Waals surface area (Å²) in [5.74, 6) is -1.19. The summed E-state index contributed by atoms with van der Waals surface area (Å²) in [6.07, 6.45) is 2.68. The lowest BCUT2D eigenvalue weighted by molar-refractivity contribution is 0.0698. The molecule has 104 valence electrons. The van der Waals surface area contributed by atoms with E-state index in [0.29, 0.717) is 0 Å². The van der Waals surface area contributed by atoms with Gasteiger partial charge >= 0.3 is 5.97 Å². The Morgan fingerprint density at radius 1 is 1.20 bits per heavy atom. The van der Waals surface area contributed by atoms with Gasteiger partial charge in [0.15, 0.2) is 0 Å². The van der Waals surface area contributed by atoms with E-state index in [1.807, 2.05) is 0 Å². The zero-order valence-electron chi connectivity index (χ0n) is 10.6. The highest BCUT2D eigenvalue weighted by atomic mass is 32.2. The summed E-state index contributed by atoms with van der Waals surface area (Å²) in [7, 11) is -2.53. The number of pyridine rings is 1. The third-order valence-corrected chi connectivity index (χ3v) is 4.52. The topological polar surface area (TPSA) is 87.6 Å². The van der Waals surface area contributed by atoms with Gasteiger partial charge in [0.2, 0.25) is 0 Å².